The summed E-state index contributed by atoms with van der Waals surface area (Å²) in [4.78, 5) is 26.7. The van der Waals surface area contributed by atoms with E-state index in [9.17, 15) is 4.79 Å². The summed E-state index contributed by atoms with van der Waals surface area (Å²) in [6.45, 7) is 22.6. The zero-order valence-electron chi connectivity index (χ0n) is 22.0. The number of carbonyl (C=O) groups is 1. The van der Waals surface area contributed by atoms with E-state index in [2.05, 4.69) is 54.8 Å². The summed E-state index contributed by atoms with van der Waals surface area (Å²) >= 11 is 0. The first kappa shape index (κ1) is 28.5. The Morgan fingerprint density at radius 3 is 1.81 bits per heavy atom. The standard InChI is InChI=1S/C20H35N5.C4H8O.C2H6/c1-5-18-14-24(16(3)4)15-19(6-2)25(18)20-21-11-17(12-22-20)13-23-9-7-8-10-23;1-4(2)3-5;1-2/h11-12,16,18-19H,5-10,13-15H2,1-4H3;3-4H,1-2H3;1-2H3. The largest absolute Gasteiger partial charge is 0.332 e. The maximum absolute atomic E-state index is 9.50. The SMILES string of the molecule is CC.CC(C)C=O.CCC1CN(C(C)C)CC(CC)N1c1ncc(CN2CCCC2)cn1. The maximum atomic E-state index is 9.50. The van der Waals surface area contributed by atoms with E-state index >= 15 is 0 Å². The van der Waals surface area contributed by atoms with Crippen molar-refractivity contribution in [2.75, 3.05) is 31.1 Å². The van der Waals surface area contributed by atoms with Crippen molar-refractivity contribution in [2.45, 2.75) is 106 Å². The van der Waals surface area contributed by atoms with Crippen molar-refractivity contribution in [3.8, 4) is 0 Å². The molecule has 6 heteroatoms. The van der Waals surface area contributed by atoms with E-state index in [1.54, 1.807) is 0 Å². The Labute approximate surface area is 197 Å². The molecule has 1 aromatic rings. The van der Waals surface area contributed by atoms with Crippen LogP contribution in [0.4, 0.5) is 5.95 Å². The van der Waals surface area contributed by atoms with Crippen LogP contribution in [0.1, 0.15) is 86.6 Å². The topological polar surface area (TPSA) is 52.6 Å². The zero-order chi connectivity index (χ0) is 24.1. The summed E-state index contributed by atoms with van der Waals surface area (Å²) in [5.74, 6) is 1.13. The molecule has 0 N–H and O–H groups in total. The van der Waals surface area contributed by atoms with Gasteiger partial charge in [0, 0.05) is 61.6 Å². The number of anilines is 1. The Hall–Kier alpha value is -1.53. The number of aldehydes is 1. The molecular weight excluding hydrogens is 398 g/mol. The molecule has 2 atom stereocenters. The highest BCUT2D eigenvalue weighted by atomic mass is 16.1. The lowest BCUT2D eigenvalue weighted by molar-refractivity contribution is -0.110. The first-order valence-corrected chi connectivity index (χ1v) is 12.9. The molecule has 2 unspecified atom stereocenters. The van der Waals surface area contributed by atoms with Crippen LogP contribution >= 0.6 is 0 Å². The molecule has 2 aliphatic heterocycles. The minimum absolute atomic E-state index is 0.204. The van der Waals surface area contributed by atoms with E-state index in [0.29, 0.717) is 18.1 Å². The molecule has 0 radical (unpaired) electrons. The highest BCUT2D eigenvalue weighted by Crippen LogP contribution is 2.26. The van der Waals surface area contributed by atoms with Gasteiger partial charge in [-0.2, -0.15) is 0 Å². The van der Waals surface area contributed by atoms with Gasteiger partial charge in [-0.1, -0.05) is 41.5 Å². The third-order valence-corrected chi connectivity index (χ3v) is 6.15. The fourth-order valence-electron chi connectivity index (χ4n) is 4.25. The van der Waals surface area contributed by atoms with Crippen LogP contribution in [-0.4, -0.2) is 70.4 Å². The lowest BCUT2D eigenvalue weighted by Gasteiger charge is -2.48. The fourth-order valence-corrected chi connectivity index (χ4v) is 4.25. The van der Waals surface area contributed by atoms with Gasteiger partial charge in [-0.25, -0.2) is 9.97 Å². The van der Waals surface area contributed by atoms with Crippen LogP contribution in [0, 0.1) is 5.92 Å². The molecule has 2 fully saturated rings. The van der Waals surface area contributed by atoms with Crippen molar-refractivity contribution in [1.29, 1.82) is 0 Å². The quantitative estimate of drug-likeness (QED) is 0.547. The molecule has 0 saturated carbocycles. The van der Waals surface area contributed by atoms with Gasteiger partial charge in [0.15, 0.2) is 0 Å². The molecule has 2 aliphatic rings. The van der Waals surface area contributed by atoms with Crippen LogP contribution in [0.15, 0.2) is 12.4 Å². The fraction of sp³-hybridized carbons (Fsp3) is 0.808. The number of carbonyl (C=O) groups excluding carboxylic acids is 1. The maximum Gasteiger partial charge on any atom is 0.225 e. The summed E-state index contributed by atoms with van der Waals surface area (Å²) in [5, 5.41) is 0. The van der Waals surface area contributed by atoms with Gasteiger partial charge in [-0.05, 0) is 52.6 Å². The lowest BCUT2D eigenvalue weighted by Crippen LogP contribution is -2.60. The van der Waals surface area contributed by atoms with Gasteiger partial charge in [0.05, 0.1) is 0 Å². The van der Waals surface area contributed by atoms with Gasteiger partial charge < -0.3 is 9.69 Å². The lowest BCUT2D eigenvalue weighted by atomic mass is 10.0. The van der Waals surface area contributed by atoms with Crippen molar-refractivity contribution in [3.05, 3.63) is 18.0 Å². The number of hydrogen-bond acceptors (Lipinski definition) is 6. The van der Waals surface area contributed by atoms with Crippen LogP contribution in [0.3, 0.4) is 0 Å². The number of piperazine rings is 1. The minimum Gasteiger partial charge on any atom is -0.332 e. The van der Waals surface area contributed by atoms with Crippen molar-refractivity contribution in [3.63, 3.8) is 0 Å². The number of nitrogens with zero attached hydrogens (tertiary/aromatic N) is 5. The summed E-state index contributed by atoms with van der Waals surface area (Å²) in [6.07, 6.45) is 9.95. The Morgan fingerprint density at radius 1 is 0.969 bits per heavy atom. The van der Waals surface area contributed by atoms with Crippen molar-refractivity contribution in [2.24, 2.45) is 5.92 Å². The number of aromatic nitrogens is 2. The van der Waals surface area contributed by atoms with Gasteiger partial charge >= 0.3 is 0 Å². The smallest absolute Gasteiger partial charge is 0.225 e. The van der Waals surface area contributed by atoms with Crippen LogP contribution < -0.4 is 4.90 Å². The average molecular weight is 448 g/mol. The molecule has 6 nitrogen and oxygen atoms in total. The molecule has 2 saturated heterocycles. The van der Waals surface area contributed by atoms with Crippen molar-refractivity contribution in [1.82, 2.24) is 19.8 Å². The Morgan fingerprint density at radius 2 is 1.44 bits per heavy atom. The first-order chi connectivity index (χ1) is 15.4. The highest BCUT2D eigenvalue weighted by molar-refractivity contribution is 5.51. The van der Waals surface area contributed by atoms with E-state index in [-0.39, 0.29) is 5.92 Å². The van der Waals surface area contributed by atoms with E-state index < -0.39 is 0 Å². The molecule has 0 amide bonds. The normalized spacial score (nSPS) is 21.8. The Kier molecular flexibility index (Phi) is 13.7. The molecule has 3 rings (SSSR count). The van der Waals surface area contributed by atoms with Crippen LogP contribution in [0.5, 0.6) is 0 Å². The predicted octanol–water partition coefficient (Wildman–Crippen LogP) is 5.03. The van der Waals surface area contributed by atoms with Gasteiger partial charge in [-0.15, -0.1) is 0 Å². The van der Waals surface area contributed by atoms with Gasteiger partial charge in [0.2, 0.25) is 5.95 Å². The highest BCUT2D eigenvalue weighted by Gasteiger charge is 2.35. The third-order valence-electron chi connectivity index (χ3n) is 6.15. The van der Waals surface area contributed by atoms with Crippen LogP contribution in [0.2, 0.25) is 0 Å². The second kappa shape index (κ2) is 15.3. The van der Waals surface area contributed by atoms with Crippen LogP contribution in [-0.2, 0) is 11.3 Å². The number of hydrogen-bond donors (Lipinski definition) is 0. The van der Waals surface area contributed by atoms with Gasteiger partial charge in [0.25, 0.3) is 0 Å². The van der Waals surface area contributed by atoms with E-state index in [4.69, 9.17) is 9.97 Å². The molecule has 3 heterocycles. The molecule has 1 aromatic heterocycles. The number of rotatable bonds is 7. The summed E-state index contributed by atoms with van der Waals surface area (Å²) < 4.78 is 0. The minimum atomic E-state index is 0.204. The second-order valence-electron chi connectivity index (χ2n) is 9.33. The van der Waals surface area contributed by atoms with Crippen LogP contribution in [0.25, 0.3) is 0 Å². The van der Waals surface area contributed by atoms with Crippen molar-refractivity contribution < 1.29 is 4.79 Å². The molecule has 0 spiro atoms. The molecule has 0 bridgehead atoms. The summed E-state index contributed by atoms with van der Waals surface area (Å²) in [7, 11) is 0. The average Bonchev–Trinajstić information content (AvgIpc) is 3.33. The van der Waals surface area contributed by atoms with Crippen molar-refractivity contribution >= 4 is 12.2 Å². The predicted molar refractivity (Wildman–Crippen MR) is 136 cm³/mol. The van der Waals surface area contributed by atoms with E-state index in [0.717, 1.165) is 44.7 Å². The van der Waals surface area contributed by atoms with Gasteiger partial charge in [-0.3, -0.25) is 9.80 Å². The Balaban J connectivity index is 0.000000646. The first-order valence-electron chi connectivity index (χ1n) is 12.9. The molecular formula is C26H49N5O. The molecule has 0 aliphatic carbocycles. The zero-order valence-corrected chi connectivity index (χ0v) is 22.0. The summed E-state index contributed by atoms with van der Waals surface area (Å²) in [6, 6.07) is 1.62. The molecule has 32 heavy (non-hydrogen) atoms. The third kappa shape index (κ3) is 8.78. The number of likely N-dealkylation sites (tertiary alicyclic amines) is 1. The molecule has 0 aromatic carbocycles. The summed E-state index contributed by atoms with van der Waals surface area (Å²) in [5.41, 5.74) is 1.24. The monoisotopic (exact) mass is 447 g/mol. The Bertz CT molecular complexity index is 599. The van der Waals surface area contributed by atoms with E-state index in [1.807, 2.05) is 27.7 Å². The second-order valence-corrected chi connectivity index (χ2v) is 9.33. The van der Waals surface area contributed by atoms with Gasteiger partial charge in [0.1, 0.15) is 6.29 Å². The molecule has 184 valence electrons. The van der Waals surface area contributed by atoms with E-state index in [1.165, 1.54) is 31.5 Å².